The third kappa shape index (κ3) is 2.34. The van der Waals surface area contributed by atoms with Gasteiger partial charge in [-0.15, -0.1) is 0 Å². The lowest BCUT2D eigenvalue weighted by molar-refractivity contribution is 0.220. The number of nitrogens with two attached hydrogens (primary N) is 1. The zero-order valence-corrected chi connectivity index (χ0v) is 9.79. The molecule has 0 bridgehead atoms. The Morgan fingerprint density at radius 2 is 2.00 bits per heavy atom. The Labute approximate surface area is 92.7 Å². The van der Waals surface area contributed by atoms with Gasteiger partial charge in [0, 0.05) is 5.69 Å². The first-order chi connectivity index (χ1) is 7.08. The van der Waals surface area contributed by atoms with Crippen molar-refractivity contribution in [3.63, 3.8) is 0 Å². The molecule has 1 aliphatic rings. The Morgan fingerprint density at radius 1 is 1.27 bits per heavy atom. The van der Waals surface area contributed by atoms with Crippen LogP contribution < -0.4 is 5.73 Å². The minimum absolute atomic E-state index is 0.491. The summed E-state index contributed by atoms with van der Waals surface area (Å²) in [7, 11) is 0. The molecule has 0 radical (unpaired) electrons. The summed E-state index contributed by atoms with van der Waals surface area (Å²) in [6.07, 6.45) is 5.28. The SMILES string of the molecule is CC1(C)CCC[C@@H](c2ccccc2N)C1. The molecule has 0 aromatic heterocycles. The highest BCUT2D eigenvalue weighted by molar-refractivity contribution is 5.48. The summed E-state index contributed by atoms with van der Waals surface area (Å²) in [6.45, 7) is 4.75. The number of para-hydroxylation sites is 1. The molecule has 2 rings (SSSR count). The predicted molar refractivity (Wildman–Crippen MR) is 65.8 cm³/mol. The van der Waals surface area contributed by atoms with Crippen LogP contribution in [0.1, 0.15) is 51.0 Å². The Morgan fingerprint density at radius 3 is 2.67 bits per heavy atom. The molecule has 1 saturated carbocycles. The smallest absolute Gasteiger partial charge is 0.0349 e. The number of anilines is 1. The summed E-state index contributed by atoms with van der Waals surface area (Å²) >= 11 is 0. The minimum atomic E-state index is 0.491. The van der Waals surface area contributed by atoms with Gasteiger partial charge in [0.2, 0.25) is 0 Å². The molecule has 0 amide bonds. The third-order valence-electron chi connectivity index (χ3n) is 3.64. The quantitative estimate of drug-likeness (QED) is 0.687. The van der Waals surface area contributed by atoms with E-state index in [1.165, 1.54) is 31.2 Å². The van der Waals surface area contributed by atoms with Gasteiger partial charge in [-0.05, 0) is 42.2 Å². The average Bonchev–Trinajstić information content (AvgIpc) is 2.17. The summed E-state index contributed by atoms with van der Waals surface area (Å²) in [5.74, 6) is 0.676. The second-order valence-electron chi connectivity index (χ2n) is 5.59. The van der Waals surface area contributed by atoms with Gasteiger partial charge in [0.15, 0.2) is 0 Å². The zero-order valence-electron chi connectivity index (χ0n) is 9.79. The topological polar surface area (TPSA) is 26.0 Å². The Bertz CT molecular complexity index is 341. The summed E-state index contributed by atoms with van der Waals surface area (Å²) in [5, 5.41) is 0. The molecule has 1 aromatic carbocycles. The van der Waals surface area contributed by atoms with Gasteiger partial charge in [0.25, 0.3) is 0 Å². The van der Waals surface area contributed by atoms with Gasteiger partial charge in [-0.25, -0.2) is 0 Å². The fourth-order valence-corrected chi connectivity index (χ4v) is 2.85. The molecule has 1 aromatic rings. The molecule has 1 aliphatic carbocycles. The van der Waals surface area contributed by atoms with Crippen molar-refractivity contribution in [1.29, 1.82) is 0 Å². The molecule has 0 spiro atoms. The number of hydrogen-bond donors (Lipinski definition) is 1. The molecule has 82 valence electrons. The second kappa shape index (κ2) is 3.88. The van der Waals surface area contributed by atoms with E-state index in [0.29, 0.717) is 11.3 Å². The largest absolute Gasteiger partial charge is 0.398 e. The zero-order chi connectivity index (χ0) is 10.9. The highest BCUT2D eigenvalue weighted by Gasteiger charge is 2.29. The summed E-state index contributed by atoms with van der Waals surface area (Å²) in [6, 6.07) is 8.35. The Balaban J connectivity index is 2.21. The highest BCUT2D eigenvalue weighted by Crippen LogP contribution is 2.44. The van der Waals surface area contributed by atoms with Crippen LogP contribution in [0.3, 0.4) is 0 Å². The first-order valence-corrected chi connectivity index (χ1v) is 5.93. The van der Waals surface area contributed by atoms with E-state index < -0.39 is 0 Å². The lowest BCUT2D eigenvalue weighted by atomic mass is 9.70. The van der Waals surface area contributed by atoms with Crippen LogP contribution >= 0.6 is 0 Å². The van der Waals surface area contributed by atoms with Crippen LogP contribution in [0.2, 0.25) is 0 Å². The first-order valence-electron chi connectivity index (χ1n) is 5.93. The van der Waals surface area contributed by atoms with Crippen molar-refractivity contribution in [2.75, 3.05) is 5.73 Å². The Kier molecular flexibility index (Phi) is 2.72. The molecule has 1 heteroatoms. The molecule has 15 heavy (non-hydrogen) atoms. The van der Waals surface area contributed by atoms with Gasteiger partial charge in [-0.3, -0.25) is 0 Å². The van der Waals surface area contributed by atoms with Gasteiger partial charge in [0.1, 0.15) is 0 Å². The van der Waals surface area contributed by atoms with Gasteiger partial charge in [-0.1, -0.05) is 38.5 Å². The number of hydrogen-bond acceptors (Lipinski definition) is 1. The van der Waals surface area contributed by atoms with E-state index in [-0.39, 0.29) is 0 Å². The summed E-state index contributed by atoms with van der Waals surface area (Å²) in [5.41, 5.74) is 8.87. The minimum Gasteiger partial charge on any atom is -0.398 e. The maximum absolute atomic E-state index is 6.04. The number of nitrogen functional groups attached to an aromatic ring is 1. The maximum atomic E-state index is 6.04. The van der Waals surface area contributed by atoms with E-state index in [1.54, 1.807) is 0 Å². The molecular formula is C14H21N. The molecule has 1 atom stereocenters. The van der Waals surface area contributed by atoms with Gasteiger partial charge < -0.3 is 5.73 Å². The Hall–Kier alpha value is -0.980. The molecule has 1 fully saturated rings. The van der Waals surface area contributed by atoms with Crippen LogP contribution in [0, 0.1) is 5.41 Å². The van der Waals surface area contributed by atoms with Gasteiger partial charge in [-0.2, -0.15) is 0 Å². The van der Waals surface area contributed by atoms with Crippen molar-refractivity contribution >= 4 is 5.69 Å². The number of rotatable bonds is 1. The average molecular weight is 203 g/mol. The lowest BCUT2D eigenvalue weighted by Crippen LogP contribution is -2.21. The molecule has 0 unspecified atom stereocenters. The summed E-state index contributed by atoms with van der Waals surface area (Å²) < 4.78 is 0. The van der Waals surface area contributed by atoms with Crippen molar-refractivity contribution in [3.8, 4) is 0 Å². The maximum Gasteiger partial charge on any atom is 0.0349 e. The normalized spacial score (nSPS) is 25.1. The van der Waals surface area contributed by atoms with E-state index in [1.807, 2.05) is 12.1 Å². The van der Waals surface area contributed by atoms with E-state index in [4.69, 9.17) is 5.73 Å². The van der Waals surface area contributed by atoms with E-state index in [9.17, 15) is 0 Å². The van der Waals surface area contributed by atoms with Crippen LogP contribution in [0.25, 0.3) is 0 Å². The molecule has 1 nitrogen and oxygen atoms in total. The summed E-state index contributed by atoms with van der Waals surface area (Å²) in [4.78, 5) is 0. The standard InChI is InChI=1S/C14H21N/c1-14(2)9-5-6-11(10-14)12-7-3-4-8-13(12)15/h3-4,7-8,11H,5-6,9-10,15H2,1-2H3/t11-/m1/s1. The van der Waals surface area contributed by atoms with Gasteiger partial charge in [0.05, 0.1) is 0 Å². The predicted octanol–water partition coefficient (Wildman–Crippen LogP) is 3.95. The van der Waals surface area contributed by atoms with Crippen LogP contribution in [0.4, 0.5) is 5.69 Å². The molecular weight excluding hydrogens is 182 g/mol. The van der Waals surface area contributed by atoms with Crippen molar-refractivity contribution in [2.24, 2.45) is 5.41 Å². The van der Waals surface area contributed by atoms with Crippen LogP contribution in [0.5, 0.6) is 0 Å². The van der Waals surface area contributed by atoms with Gasteiger partial charge >= 0.3 is 0 Å². The van der Waals surface area contributed by atoms with Crippen molar-refractivity contribution in [3.05, 3.63) is 29.8 Å². The monoisotopic (exact) mass is 203 g/mol. The van der Waals surface area contributed by atoms with Crippen LogP contribution in [-0.2, 0) is 0 Å². The van der Waals surface area contributed by atoms with Crippen molar-refractivity contribution < 1.29 is 0 Å². The fourth-order valence-electron chi connectivity index (χ4n) is 2.85. The highest BCUT2D eigenvalue weighted by atomic mass is 14.6. The first kappa shape index (κ1) is 10.5. The molecule has 0 aliphatic heterocycles. The van der Waals surface area contributed by atoms with Crippen molar-refractivity contribution in [1.82, 2.24) is 0 Å². The van der Waals surface area contributed by atoms with Crippen molar-refractivity contribution in [2.45, 2.75) is 45.4 Å². The van der Waals surface area contributed by atoms with E-state index in [0.717, 1.165) is 5.69 Å². The lowest BCUT2D eigenvalue weighted by Gasteiger charge is -2.35. The second-order valence-corrected chi connectivity index (χ2v) is 5.59. The molecule has 2 N–H and O–H groups in total. The van der Waals surface area contributed by atoms with E-state index in [2.05, 4.69) is 26.0 Å². The third-order valence-corrected chi connectivity index (χ3v) is 3.64. The van der Waals surface area contributed by atoms with E-state index >= 15 is 0 Å². The van der Waals surface area contributed by atoms with Crippen LogP contribution in [0.15, 0.2) is 24.3 Å². The number of benzene rings is 1. The molecule has 0 heterocycles. The molecule has 0 saturated heterocycles. The fraction of sp³-hybridized carbons (Fsp3) is 0.571. The van der Waals surface area contributed by atoms with Crippen LogP contribution in [-0.4, -0.2) is 0 Å².